The zero-order valence-electron chi connectivity index (χ0n) is 15.6. The van der Waals surface area contributed by atoms with Crippen molar-refractivity contribution in [1.29, 1.82) is 0 Å². The number of nitrogens with one attached hydrogen (secondary N) is 1. The van der Waals surface area contributed by atoms with Crippen LogP contribution in [0.4, 0.5) is 0 Å². The van der Waals surface area contributed by atoms with Crippen molar-refractivity contribution in [2.75, 3.05) is 34.5 Å². The Morgan fingerprint density at radius 3 is 2.62 bits per heavy atom. The van der Waals surface area contributed by atoms with E-state index in [1.54, 1.807) is 29.8 Å². The molecule has 0 bridgehead atoms. The van der Waals surface area contributed by atoms with Crippen molar-refractivity contribution in [3.8, 4) is 11.5 Å². The Bertz CT molecular complexity index is 737. The van der Waals surface area contributed by atoms with Crippen LogP contribution in [0.25, 0.3) is 0 Å². The topological polar surface area (TPSA) is 77.1 Å². The van der Waals surface area contributed by atoms with Crippen molar-refractivity contribution < 1.29 is 23.8 Å². The molecule has 1 fully saturated rings. The number of fused-ring (bicyclic) bond motifs is 3. The van der Waals surface area contributed by atoms with E-state index in [9.17, 15) is 9.59 Å². The van der Waals surface area contributed by atoms with Gasteiger partial charge in [-0.05, 0) is 19.9 Å². The van der Waals surface area contributed by atoms with Crippen molar-refractivity contribution in [3.05, 3.63) is 23.3 Å². The van der Waals surface area contributed by atoms with E-state index >= 15 is 0 Å². The maximum absolute atomic E-state index is 13.2. The molecule has 0 spiro atoms. The Kier molecular flexibility index (Phi) is 5.07. The second-order valence-corrected chi connectivity index (χ2v) is 8.47. The van der Waals surface area contributed by atoms with Gasteiger partial charge in [0.15, 0.2) is 11.5 Å². The summed E-state index contributed by atoms with van der Waals surface area (Å²) in [5.41, 5.74) is 1.34. The zero-order chi connectivity index (χ0) is 19.1. The SMILES string of the molecule is COCCNC(=O)[C@H]1N2C(=O)c3c(ccc(OC)c3OC)[C@@H]2SC1(C)C. The summed E-state index contributed by atoms with van der Waals surface area (Å²) < 4.78 is 15.3. The van der Waals surface area contributed by atoms with E-state index in [0.29, 0.717) is 30.2 Å². The number of amides is 2. The van der Waals surface area contributed by atoms with Crippen LogP contribution in [0, 0.1) is 0 Å². The molecule has 0 aliphatic carbocycles. The van der Waals surface area contributed by atoms with Crippen LogP contribution in [0.2, 0.25) is 0 Å². The number of rotatable bonds is 6. The molecule has 3 rings (SSSR count). The Hall–Kier alpha value is -1.93. The van der Waals surface area contributed by atoms with Gasteiger partial charge in [0, 0.05) is 24.0 Å². The van der Waals surface area contributed by atoms with Crippen LogP contribution in [-0.2, 0) is 9.53 Å². The molecule has 1 aromatic rings. The molecule has 1 N–H and O–H groups in total. The molecule has 0 saturated carbocycles. The smallest absolute Gasteiger partial charge is 0.260 e. The van der Waals surface area contributed by atoms with E-state index in [1.165, 1.54) is 14.2 Å². The number of benzene rings is 1. The highest BCUT2D eigenvalue weighted by Gasteiger charge is 2.58. The third-order valence-corrected chi connectivity index (χ3v) is 6.29. The second-order valence-electron chi connectivity index (χ2n) is 6.74. The number of hydrogen-bond acceptors (Lipinski definition) is 6. The molecule has 2 heterocycles. The summed E-state index contributed by atoms with van der Waals surface area (Å²) in [6, 6.07) is 3.10. The minimum Gasteiger partial charge on any atom is -0.493 e. The lowest BCUT2D eigenvalue weighted by molar-refractivity contribution is -0.126. The first-order chi connectivity index (χ1) is 12.4. The second kappa shape index (κ2) is 7.00. The molecule has 2 atom stereocenters. The average molecular weight is 380 g/mol. The van der Waals surface area contributed by atoms with Gasteiger partial charge in [0.1, 0.15) is 11.4 Å². The fourth-order valence-corrected chi connectivity index (χ4v) is 5.21. The Morgan fingerprint density at radius 2 is 2.00 bits per heavy atom. The maximum Gasteiger partial charge on any atom is 0.260 e. The first-order valence-electron chi connectivity index (χ1n) is 8.39. The quantitative estimate of drug-likeness (QED) is 0.759. The Labute approximate surface area is 157 Å². The van der Waals surface area contributed by atoms with Crippen LogP contribution in [0.3, 0.4) is 0 Å². The monoisotopic (exact) mass is 380 g/mol. The van der Waals surface area contributed by atoms with Crippen LogP contribution in [0.1, 0.15) is 35.1 Å². The third-order valence-electron chi connectivity index (χ3n) is 4.75. The predicted octanol–water partition coefficient (Wildman–Crippen LogP) is 1.81. The lowest BCUT2D eigenvalue weighted by Gasteiger charge is -2.29. The molecular weight excluding hydrogens is 356 g/mol. The number of methoxy groups -OCH3 is 3. The minimum atomic E-state index is -0.579. The van der Waals surface area contributed by atoms with Crippen LogP contribution in [-0.4, -0.2) is 62.0 Å². The van der Waals surface area contributed by atoms with E-state index in [4.69, 9.17) is 14.2 Å². The van der Waals surface area contributed by atoms with Crippen molar-refractivity contribution in [2.45, 2.75) is 30.0 Å². The number of nitrogens with zero attached hydrogens (tertiary/aromatic N) is 1. The summed E-state index contributed by atoms with van der Waals surface area (Å²) in [4.78, 5) is 27.7. The van der Waals surface area contributed by atoms with Crippen LogP contribution in [0.15, 0.2) is 12.1 Å². The molecule has 2 aliphatic heterocycles. The lowest BCUT2D eigenvalue weighted by atomic mass is 10.0. The molecule has 2 amide bonds. The zero-order valence-corrected chi connectivity index (χ0v) is 16.4. The minimum absolute atomic E-state index is 0.172. The molecule has 0 radical (unpaired) electrons. The van der Waals surface area contributed by atoms with Gasteiger partial charge in [-0.15, -0.1) is 11.8 Å². The molecule has 1 aromatic carbocycles. The summed E-state index contributed by atoms with van der Waals surface area (Å²) >= 11 is 1.61. The molecule has 26 heavy (non-hydrogen) atoms. The van der Waals surface area contributed by atoms with Crippen LogP contribution >= 0.6 is 11.8 Å². The highest BCUT2D eigenvalue weighted by Crippen LogP contribution is 2.58. The van der Waals surface area contributed by atoms with Crippen molar-refractivity contribution in [1.82, 2.24) is 10.2 Å². The molecule has 142 valence electrons. The fraction of sp³-hybridized carbons (Fsp3) is 0.556. The van der Waals surface area contributed by atoms with Crippen molar-refractivity contribution >= 4 is 23.6 Å². The number of carbonyl (C=O) groups excluding carboxylic acids is 2. The van der Waals surface area contributed by atoms with Gasteiger partial charge in [0.25, 0.3) is 5.91 Å². The van der Waals surface area contributed by atoms with Crippen LogP contribution in [0.5, 0.6) is 11.5 Å². The average Bonchev–Trinajstić information content (AvgIpc) is 3.04. The molecular formula is C18H24N2O5S. The predicted molar refractivity (Wildman–Crippen MR) is 98.8 cm³/mol. The van der Waals surface area contributed by atoms with Crippen molar-refractivity contribution in [2.24, 2.45) is 0 Å². The van der Waals surface area contributed by atoms with Gasteiger partial charge >= 0.3 is 0 Å². The molecule has 2 aliphatic rings. The lowest BCUT2D eigenvalue weighted by Crippen LogP contribution is -2.52. The maximum atomic E-state index is 13.2. The van der Waals surface area contributed by atoms with E-state index in [-0.39, 0.29) is 17.2 Å². The van der Waals surface area contributed by atoms with E-state index in [1.807, 2.05) is 19.9 Å². The van der Waals surface area contributed by atoms with Gasteiger partial charge in [-0.1, -0.05) is 6.07 Å². The largest absolute Gasteiger partial charge is 0.493 e. The van der Waals surface area contributed by atoms with Crippen molar-refractivity contribution in [3.63, 3.8) is 0 Å². The van der Waals surface area contributed by atoms with Gasteiger partial charge in [0.05, 0.1) is 26.4 Å². The first kappa shape index (κ1) is 18.8. The standard InChI is InChI=1S/C18H24N2O5S/c1-18(2)14(15(21)19-8-9-23-3)20-16(22)12-10(17(20)26-18)6-7-11(24-4)13(12)25-5/h6-7,14,17H,8-9H2,1-5H3,(H,19,21)/t14-,17+/m1/s1. The number of hydrogen-bond donors (Lipinski definition) is 1. The summed E-state index contributed by atoms with van der Waals surface area (Å²) in [6.07, 6.45) is 0. The highest BCUT2D eigenvalue weighted by atomic mass is 32.2. The summed E-state index contributed by atoms with van der Waals surface area (Å²) in [7, 11) is 4.63. The molecule has 1 saturated heterocycles. The van der Waals surface area contributed by atoms with Gasteiger partial charge in [-0.25, -0.2) is 0 Å². The molecule has 7 nitrogen and oxygen atoms in total. The van der Waals surface area contributed by atoms with Gasteiger partial charge in [-0.2, -0.15) is 0 Å². The molecule has 0 unspecified atom stereocenters. The fourth-order valence-electron chi connectivity index (χ4n) is 3.63. The summed E-state index contributed by atoms with van der Waals surface area (Å²) in [5, 5.41) is 2.65. The summed E-state index contributed by atoms with van der Waals surface area (Å²) in [5.74, 6) is 0.548. The summed E-state index contributed by atoms with van der Waals surface area (Å²) in [6.45, 7) is 4.81. The Balaban J connectivity index is 1.98. The van der Waals surface area contributed by atoms with E-state index in [0.717, 1.165) is 5.56 Å². The Morgan fingerprint density at radius 1 is 1.27 bits per heavy atom. The first-order valence-corrected chi connectivity index (χ1v) is 9.27. The van der Waals surface area contributed by atoms with Gasteiger partial charge in [0.2, 0.25) is 5.91 Å². The molecule has 0 aromatic heterocycles. The van der Waals surface area contributed by atoms with E-state index in [2.05, 4.69) is 5.32 Å². The number of ether oxygens (including phenoxy) is 3. The van der Waals surface area contributed by atoms with E-state index < -0.39 is 10.8 Å². The normalized spacial score (nSPS) is 22.8. The third kappa shape index (κ3) is 2.81. The van der Waals surface area contributed by atoms with Gasteiger partial charge in [-0.3, -0.25) is 9.59 Å². The number of thioether (sulfide) groups is 1. The highest BCUT2D eigenvalue weighted by molar-refractivity contribution is 8.01. The molecule has 8 heteroatoms. The number of carbonyl (C=O) groups is 2. The van der Waals surface area contributed by atoms with Gasteiger partial charge < -0.3 is 24.4 Å². The van der Waals surface area contributed by atoms with Crippen LogP contribution < -0.4 is 14.8 Å².